The van der Waals surface area contributed by atoms with Gasteiger partial charge in [0.1, 0.15) is 11.9 Å². The molecule has 1 amide bonds. The fraction of sp³-hybridized carbons (Fsp3) is 0.538. The molecular weight excluding hydrogens is 351 g/mol. The number of rotatable bonds is 4. The summed E-state index contributed by atoms with van der Waals surface area (Å²) in [5.41, 5.74) is 5.76. The zero-order chi connectivity index (χ0) is 14.5. The van der Waals surface area contributed by atoms with Crippen molar-refractivity contribution < 1.29 is 9.53 Å². The molecule has 1 fully saturated rings. The Balaban J connectivity index is 0.00000220. The summed E-state index contributed by atoms with van der Waals surface area (Å²) < 4.78 is 4.91. The maximum Gasteiger partial charge on any atom is 0.241 e. The number of anilines is 1. The Morgan fingerprint density at radius 3 is 2.50 bits per heavy atom. The first-order valence-electron chi connectivity index (χ1n) is 6.51. The Morgan fingerprint density at radius 1 is 1.36 bits per heavy atom. The van der Waals surface area contributed by atoms with E-state index in [1.54, 1.807) is 11.1 Å². The number of pyridine rings is 1. The number of carbonyl (C=O) groups is 1. The molecule has 0 bridgehead atoms. The summed E-state index contributed by atoms with van der Waals surface area (Å²) in [6, 6.07) is 3.12. The van der Waals surface area contributed by atoms with Gasteiger partial charge in [0.15, 0.2) is 0 Å². The molecule has 1 atom stereocenters. The molecule has 2 rings (SSSR count). The maximum atomic E-state index is 12.0. The van der Waals surface area contributed by atoms with E-state index in [9.17, 15) is 4.79 Å². The number of hydrogen-bond acceptors (Lipinski definition) is 5. The van der Waals surface area contributed by atoms with Gasteiger partial charge >= 0.3 is 0 Å². The number of hydrogen-bond donors (Lipinski definition) is 1. The molecule has 0 radical (unpaired) electrons. The number of amides is 1. The van der Waals surface area contributed by atoms with Crippen molar-refractivity contribution in [3.8, 4) is 0 Å². The topological polar surface area (TPSA) is 71.7 Å². The van der Waals surface area contributed by atoms with Crippen LogP contribution in [-0.4, -0.2) is 61.7 Å². The first-order valence-corrected chi connectivity index (χ1v) is 6.89. The normalized spacial score (nSPS) is 15.6. The van der Waals surface area contributed by atoms with Crippen molar-refractivity contribution in [2.45, 2.75) is 6.04 Å². The summed E-state index contributed by atoms with van der Waals surface area (Å²) >= 11 is 5.82. The lowest BCUT2D eigenvalue weighted by Crippen LogP contribution is -2.54. The first-order chi connectivity index (χ1) is 9.61. The highest BCUT2D eigenvalue weighted by molar-refractivity contribution is 6.30. The zero-order valence-electron chi connectivity index (χ0n) is 12.3. The van der Waals surface area contributed by atoms with Gasteiger partial charge in [-0.1, -0.05) is 11.6 Å². The zero-order valence-corrected chi connectivity index (χ0v) is 14.7. The molecule has 126 valence electrons. The van der Waals surface area contributed by atoms with Crippen molar-refractivity contribution in [1.82, 2.24) is 9.88 Å². The second kappa shape index (κ2) is 10.1. The van der Waals surface area contributed by atoms with Gasteiger partial charge in [0.2, 0.25) is 5.91 Å². The quantitative estimate of drug-likeness (QED) is 0.861. The summed E-state index contributed by atoms with van der Waals surface area (Å²) in [5, 5.41) is 0.619. The summed E-state index contributed by atoms with van der Waals surface area (Å²) in [4.78, 5) is 20.2. The summed E-state index contributed by atoms with van der Waals surface area (Å²) in [5.74, 6) is 0.818. The molecule has 1 aromatic heterocycles. The molecule has 6 nitrogen and oxygen atoms in total. The predicted molar refractivity (Wildman–Crippen MR) is 92.4 cm³/mol. The van der Waals surface area contributed by atoms with E-state index in [-0.39, 0.29) is 37.3 Å². The summed E-state index contributed by atoms with van der Waals surface area (Å²) in [6.45, 7) is 3.00. The minimum Gasteiger partial charge on any atom is -0.383 e. The average molecular weight is 372 g/mol. The van der Waals surface area contributed by atoms with Gasteiger partial charge in [0.05, 0.1) is 11.6 Å². The Kier molecular flexibility index (Phi) is 9.71. The Labute approximate surface area is 147 Å². The van der Waals surface area contributed by atoms with Gasteiger partial charge in [-0.25, -0.2) is 4.98 Å². The fourth-order valence-electron chi connectivity index (χ4n) is 2.20. The largest absolute Gasteiger partial charge is 0.383 e. The Hall–Kier alpha value is -0.790. The number of halogens is 3. The van der Waals surface area contributed by atoms with E-state index >= 15 is 0 Å². The van der Waals surface area contributed by atoms with Crippen LogP contribution in [0.2, 0.25) is 5.02 Å². The predicted octanol–water partition coefficient (Wildman–Crippen LogP) is 1.20. The number of nitrogens with zero attached hydrogens (tertiary/aromatic N) is 3. The Morgan fingerprint density at radius 2 is 2.00 bits per heavy atom. The monoisotopic (exact) mass is 370 g/mol. The Bertz CT molecular complexity index is 453. The third-order valence-electron chi connectivity index (χ3n) is 3.29. The number of aromatic nitrogens is 1. The van der Waals surface area contributed by atoms with E-state index in [1.165, 1.54) is 7.11 Å². The maximum absolute atomic E-state index is 12.0. The van der Waals surface area contributed by atoms with Crippen LogP contribution in [0.4, 0.5) is 5.82 Å². The van der Waals surface area contributed by atoms with Gasteiger partial charge in [0, 0.05) is 39.5 Å². The first kappa shape index (κ1) is 21.2. The highest BCUT2D eigenvalue weighted by atomic mass is 35.5. The number of methoxy groups -OCH3 is 1. The van der Waals surface area contributed by atoms with Crippen LogP contribution < -0.4 is 10.6 Å². The number of piperazine rings is 1. The second-order valence-corrected chi connectivity index (χ2v) is 5.15. The van der Waals surface area contributed by atoms with Crippen molar-refractivity contribution in [1.29, 1.82) is 0 Å². The molecule has 2 N–H and O–H groups in total. The van der Waals surface area contributed by atoms with Crippen molar-refractivity contribution in [3.05, 3.63) is 23.4 Å². The molecule has 1 aliphatic rings. The standard InChI is InChI=1S/C13H19ClN4O2.2ClH/c1-20-9-11(15)13(19)18-6-4-17(5-7-18)12-3-2-10(14)8-16-12;;/h2-3,8,11H,4-7,9,15H2,1H3;2*1H. The van der Waals surface area contributed by atoms with Crippen molar-refractivity contribution in [2.75, 3.05) is 44.8 Å². The minimum atomic E-state index is -0.583. The minimum absolute atomic E-state index is 0. The smallest absolute Gasteiger partial charge is 0.241 e. The third-order valence-corrected chi connectivity index (χ3v) is 3.51. The average Bonchev–Trinajstić information content (AvgIpc) is 2.48. The summed E-state index contributed by atoms with van der Waals surface area (Å²) in [7, 11) is 1.54. The van der Waals surface area contributed by atoms with E-state index in [0.29, 0.717) is 18.1 Å². The number of ether oxygens (including phenoxy) is 1. The molecule has 1 aliphatic heterocycles. The lowest BCUT2D eigenvalue weighted by molar-refractivity contribution is -0.134. The fourth-order valence-corrected chi connectivity index (χ4v) is 2.31. The van der Waals surface area contributed by atoms with Crippen molar-refractivity contribution >= 4 is 48.1 Å². The lowest BCUT2D eigenvalue weighted by atomic mass is 10.2. The van der Waals surface area contributed by atoms with Gasteiger partial charge in [-0.3, -0.25) is 4.79 Å². The second-order valence-electron chi connectivity index (χ2n) is 4.71. The molecule has 2 heterocycles. The van der Waals surface area contributed by atoms with Crippen molar-refractivity contribution in [3.63, 3.8) is 0 Å². The number of carbonyl (C=O) groups excluding carboxylic acids is 1. The van der Waals surface area contributed by atoms with Crippen LogP contribution in [0.5, 0.6) is 0 Å². The number of nitrogens with two attached hydrogens (primary N) is 1. The SMILES string of the molecule is COCC(N)C(=O)N1CCN(c2ccc(Cl)cn2)CC1.Cl.Cl. The molecule has 0 aliphatic carbocycles. The van der Waals surface area contributed by atoms with Gasteiger partial charge in [-0.05, 0) is 12.1 Å². The van der Waals surface area contributed by atoms with Crippen LogP contribution in [0.3, 0.4) is 0 Å². The molecule has 9 heteroatoms. The van der Waals surface area contributed by atoms with Crippen LogP contribution in [0.15, 0.2) is 18.3 Å². The van der Waals surface area contributed by atoms with Crippen LogP contribution >= 0.6 is 36.4 Å². The van der Waals surface area contributed by atoms with Gasteiger partial charge < -0.3 is 20.3 Å². The van der Waals surface area contributed by atoms with Gasteiger partial charge in [0.25, 0.3) is 0 Å². The molecule has 1 unspecified atom stereocenters. The summed E-state index contributed by atoms with van der Waals surface area (Å²) in [6.07, 6.45) is 1.63. The molecule has 22 heavy (non-hydrogen) atoms. The molecular formula is C13H21Cl3N4O2. The van der Waals surface area contributed by atoms with Gasteiger partial charge in [-0.15, -0.1) is 24.8 Å². The van der Waals surface area contributed by atoms with E-state index in [0.717, 1.165) is 18.9 Å². The van der Waals surface area contributed by atoms with E-state index in [1.807, 2.05) is 12.1 Å². The molecule has 0 aromatic carbocycles. The molecule has 1 aromatic rings. The highest BCUT2D eigenvalue weighted by Crippen LogP contribution is 2.16. The third kappa shape index (κ3) is 5.44. The van der Waals surface area contributed by atoms with E-state index in [2.05, 4.69) is 9.88 Å². The molecule has 0 saturated carbocycles. The lowest BCUT2D eigenvalue weighted by Gasteiger charge is -2.36. The van der Waals surface area contributed by atoms with Crippen LogP contribution in [0, 0.1) is 0 Å². The van der Waals surface area contributed by atoms with Crippen LogP contribution in [0.25, 0.3) is 0 Å². The molecule has 0 spiro atoms. The van der Waals surface area contributed by atoms with Gasteiger partial charge in [-0.2, -0.15) is 0 Å². The van der Waals surface area contributed by atoms with Crippen LogP contribution in [-0.2, 0) is 9.53 Å². The van der Waals surface area contributed by atoms with E-state index in [4.69, 9.17) is 22.1 Å². The van der Waals surface area contributed by atoms with Crippen molar-refractivity contribution in [2.24, 2.45) is 5.73 Å². The van der Waals surface area contributed by atoms with Crippen LogP contribution in [0.1, 0.15) is 0 Å². The molecule has 1 saturated heterocycles. The highest BCUT2D eigenvalue weighted by Gasteiger charge is 2.25. The van der Waals surface area contributed by atoms with E-state index < -0.39 is 6.04 Å².